The van der Waals surface area contributed by atoms with Gasteiger partial charge in [-0.25, -0.2) is 0 Å². The van der Waals surface area contributed by atoms with E-state index in [9.17, 15) is 9.59 Å². The first-order valence-electron chi connectivity index (χ1n) is 7.55. The zero-order chi connectivity index (χ0) is 16.2. The Morgan fingerprint density at radius 3 is 2.41 bits per heavy atom. The molecule has 0 aliphatic heterocycles. The van der Waals surface area contributed by atoms with Gasteiger partial charge < -0.3 is 15.2 Å². The summed E-state index contributed by atoms with van der Waals surface area (Å²) in [6.45, 7) is 4.62. The van der Waals surface area contributed by atoms with Gasteiger partial charge in [0.2, 0.25) is 5.91 Å². The van der Waals surface area contributed by atoms with Gasteiger partial charge in [-0.2, -0.15) is 0 Å². The van der Waals surface area contributed by atoms with Crippen LogP contribution in [0, 0.1) is 11.8 Å². The zero-order valence-corrected chi connectivity index (χ0v) is 13.0. The van der Waals surface area contributed by atoms with Crippen molar-refractivity contribution in [2.45, 2.75) is 38.8 Å². The van der Waals surface area contributed by atoms with Crippen LogP contribution in [0.15, 0.2) is 30.3 Å². The fourth-order valence-electron chi connectivity index (χ4n) is 2.57. The first-order chi connectivity index (χ1) is 10.4. The molecule has 1 aromatic carbocycles. The summed E-state index contributed by atoms with van der Waals surface area (Å²) in [7, 11) is 0. The summed E-state index contributed by atoms with van der Waals surface area (Å²) in [6.07, 6.45) is 1.22. The highest BCUT2D eigenvalue weighted by atomic mass is 16.5. The third kappa shape index (κ3) is 4.31. The predicted octanol–water partition coefficient (Wildman–Crippen LogP) is 2.21. The van der Waals surface area contributed by atoms with E-state index < -0.39 is 23.3 Å². The molecule has 5 heteroatoms. The Bertz CT molecular complexity index is 527. The molecule has 1 aliphatic carbocycles. The van der Waals surface area contributed by atoms with Gasteiger partial charge in [0, 0.05) is 0 Å². The molecule has 1 aliphatic rings. The van der Waals surface area contributed by atoms with Crippen molar-refractivity contribution in [1.82, 2.24) is 5.32 Å². The highest BCUT2D eigenvalue weighted by molar-refractivity contribution is 5.86. The fourth-order valence-corrected chi connectivity index (χ4v) is 2.57. The number of amides is 1. The van der Waals surface area contributed by atoms with Crippen LogP contribution in [-0.2, 0) is 20.9 Å². The molecule has 120 valence electrons. The van der Waals surface area contributed by atoms with Gasteiger partial charge in [0.15, 0.2) is 0 Å². The maximum Gasteiger partial charge on any atom is 0.307 e. The van der Waals surface area contributed by atoms with E-state index in [1.807, 2.05) is 44.2 Å². The molecule has 1 fully saturated rings. The minimum Gasteiger partial charge on any atom is -0.481 e. The van der Waals surface area contributed by atoms with E-state index in [2.05, 4.69) is 5.32 Å². The molecule has 0 aromatic heterocycles. The summed E-state index contributed by atoms with van der Waals surface area (Å²) in [4.78, 5) is 23.1. The van der Waals surface area contributed by atoms with Crippen LogP contribution < -0.4 is 5.32 Å². The summed E-state index contributed by atoms with van der Waals surface area (Å²) in [5.74, 6) is -2.02. The lowest BCUT2D eigenvalue weighted by Crippen LogP contribution is -2.53. The Labute approximate surface area is 130 Å². The summed E-state index contributed by atoms with van der Waals surface area (Å²) >= 11 is 0. The Balaban J connectivity index is 1.78. The van der Waals surface area contributed by atoms with E-state index >= 15 is 0 Å². The average molecular weight is 305 g/mol. The summed E-state index contributed by atoms with van der Waals surface area (Å²) in [5.41, 5.74) is 0.555. The molecule has 1 saturated carbocycles. The maximum atomic E-state index is 12.2. The SMILES string of the molecule is CC(C)(COCc1ccccc1)NC(=O)C1CCC1C(=O)O. The number of hydrogen-bond acceptors (Lipinski definition) is 3. The number of carbonyl (C=O) groups is 2. The molecular weight excluding hydrogens is 282 g/mol. The molecule has 0 saturated heterocycles. The number of nitrogens with one attached hydrogen (secondary N) is 1. The molecule has 2 atom stereocenters. The lowest BCUT2D eigenvalue weighted by molar-refractivity contribution is -0.153. The molecule has 0 spiro atoms. The van der Waals surface area contributed by atoms with Gasteiger partial charge in [0.25, 0.3) is 0 Å². The quantitative estimate of drug-likeness (QED) is 0.810. The zero-order valence-electron chi connectivity index (χ0n) is 13.0. The van der Waals surface area contributed by atoms with Crippen LogP contribution in [0.25, 0.3) is 0 Å². The van der Waals surface area contributed by atoms with Crippen molar-refractivity contribution in [2.24, 2.45) is 11.8 Å². The summed E-state index contributed by atoms with van der Waals surface area (Å²) in [5, 5.41) is 11.9. The van der Waals surface area contributed by atoms with Gasteiger partial charge in [-0.05, 0) is 32.3 Å². The number of aliphatic carboxylic acids is 1. The van der Waals surface area contributed by atoms with Crippen molar-refractivity contribution < 1.29 is 19.4 Å². The van der Waals surface area contributed by atoms with Crippen molar-refractivity contribution in [2.75, 3.05) is 6.61 Å². The maximum absolute atomic E-state index is 12.2. The second kappa shape index (κ2) is 6.92. The number of hydrogen-bond donors (Lipinski definition) is 2. The van der Waals surface area contributed by atoms with Crippen molar-refractivity contribution >= 4 is 11.9 Å². The monoisotopic (exact) mass is 305 g/mol. The normalized spacial score (nSPS) is 21.0. The minimum atomic E-state index is -0.885. The van der Waals surface area contributed by atoms with Crippen LogP contribution in [0.4, 0.5) is 0 Å². The minimum absolute atomic E-state index is 0.188. The lowest BCUT2D eigenvalue weighted by Gasteiger charge is -2.35. The van der Waals surface area contributed by atoms with Gasteiger partial charge in [0.1, 0.15) is 0 Å². The number of carboxylic acid groups (broad SMARTS) is 1. The molecule has 2 rings (SSSR count). The van der Waals surface area contributed by atoms with Gasteiger partial charge in [0.05, 0.1) is 30.6 Å². The van der Waals surface area contributed by atoms with Crippen LogP contribution in [0.1, 0.15) is 32.3 Å². The third-order valence-electron chi connectivity index (χ3n) is 3.96. The number of benzene rings is 1. The number of rotatable bonds is 7. The fraction of sp³-hybridized carbons (Fsp3) is 0.529. The highest BCUT2D eigenvalue weighted by Gasteiger charge is 2.42. The number of carbonyl (C=O) groups excluding carboxylic acids is 1. The Kier molecular flexibility index (Phi) is 5.19. The Morgan fingerprint density at radius 1 is 1.23 bits per heavy atom. The molecule has 2 unspecified atom stereocenters. The Hall–Kier alpha value is -1.88. The van der Waals surface area contributed by atoms with Crippen LogP contribution in [0.2, 0.25) is 0 Å². The molecule has 2 N–H and O–H groups in total. The van der Waals surface area contributed by atoms with Gasteiger partial charge in [-0.3, -0.25) is 9.59 Å². The van der Waals surface area contributed by atoms with Crippen LogP contribution in [0.5, 0.6) is 0 Å². The van der Waals surface area contributed by atoms with E-state index in [1.54, 1.807) is 0 Å². The van der Waals surface area contributed by atoms with Crippen LogP contribution in [-0.4, -0.2) is 29.1 Å². The van der Waals surface area contributed by atoms with Gasteiger partial charge in [-0.1, -0.05) is 30.3 Å². The van der Waals surface area contributed by atoms with E-state index in [1.165, 1.54) is 0 Å². The number of ether oxygens (including phenoxy) is 1. The Morgan fingerprint density at radius 2 is 1.86 bits per heavy atom. The lowest BCUT2D eigenvalue weighted by atomic mass is 9.73. The van der Waals surface area contributed by atoms with Gasteiger partial charge >= 0.3 is 5.97 Å². The average Bonchev–Trinajstić information content (AvgIpc) is 2.36. The molecule has 1 amide bonds. The van der Waals surface area contributed by atoms with Gasteiger partial charge in [-0.15, -0.1) is 0 Å². The second-order valence-electron chi connectivity index (χ2n) is 6.48. The summed E-state index contributed by atoms with van der Waals surface area (Å²) in [6, 6.07) is 9.82. The van der Waals surface area contributed by atoms with E-state index in [4.69, 9.17) is 9.84 Å². The molecule has 0 heterocycles. The first-order valence-corrected chi connectivity index (χ1v) is 7.55. The van der Waals surface area contributed by atoms with E-state index in [0.29, 0.717) is 26.1 Å². The molecular formula is C17H23NO4. The molecule has 1 aromatic rings. The molecule has 0 bridgehead atoms. The molecule has 5 nitrogen and oxygen atoms in total. The van der Waals surface area contributed by atoms with Crippen molar-refractivity contribution in [3.63, 3.8) is 0 Å². The van der Waals surface area contributed by atoms with E-state index in [0.717, 1.165) is 5.56 Å². The topological polar surface area (TPSA) is 75.6 Å². The van der Waals surface area contributed by atoms with E-state index in [-0.39, 0.29) is 5.91 Å². The second-order valence-corrected chi connectivity index (χ2v) is 6.48. The van der Waals surface area contributed by atoms with Crippen LogP contribution >= 0.6 is 0 Å². The van der Waals surface area contributed by atoms with Crippen molar-refractivity contribution in [3.05, 3.63) is 35.9 Å². The standard InChI is InChI=1S/C17H23NO4/c1-17(2,11-22-10-12-6-4-3-5-7-12)18-15(19)13-8-9-14(13)16(20)21/h3-7,13-14H,8-11H2,1-2H3,(H,18,19)(H,20,21). The van der Waals surface area contributed by atoms with Crippen LogP contribution in [0.3, 0.4) is 0 Å². The smallest absolute Gasteiger partial charge is 0.307 e. The molecule has 22 heavy (non-hydrogen) atoms. The summed E-state index contributed by atoms with van der Waals surface area (Å²) < 4.78 is 5.66. The first kappa shape index (κ1) is 16.5. The van der Waals surface area contributed by atoms with Crippen molar-refractivity contribution in [1.29, 1.82) is 0 Å². The predicted molar refractivity (Wildman–Crippen MR) is 82.2 cm³/mol. The van der Waals surface area contributed by atoms with Crippen molar-refractivity contribution in [3.8, 4) is 0 Å². The largest absolute Gasteiger partial charge is 0.481 e. The number of carboxylic acids is 1. The third-order valence-corrected chi connectivity index (χ3v) is 3.96. The highest BCUT2D eigenvalue weighted by Crippen LogP contribution is 2.34. The molecule has 0 radical (unpaired) electrons.